The normalized spacial score (nSPS) is 10.5. The van der Waals surface area contributed by atoms with E-state index in [-0.39, 0.29) is 5.43 Å². The first-order chi connectivity index (χ1) is 7.24. The Hall–Kier alpha value is -1.77. The Labute approximate surface area is 87.3 Å². The van der Waals surface area contributed by atoms with E-state index in [4.69, 9.17) is 9.15 Å². The van der Waals surface area contributed by atoms with Crippen molar-refractivity contribution in [2.24, 2.45) is 0 Å². The smallest absolute Gasteiger partial charge is 0.234 e. The van der Waals surface area contributed by atoms with Crippen LogP contribution in [-0.4, -0.2) is 6.61 Å². The third-order valence-corrected chi connectivity index (χ3v) is 2.21. The van der Waals surface area contributed by atoms with Crippen molar-refractivity contribution in [2.45, 2.75) is 13.8 Å². The van der Waals surface area contributed by atoms with Crippen LogP contribution in [0.4, 0.5) is 0 Å². The Morgan fingerprint density at radius 1 is 1.33 bits per heavy atom. The minimum Gasteiger partial charge on any atom is -0.487 e. The molecule has 0 atom stereocenters. The van der Waals surface area contributed by atoms with Gasteiger partial charge in [0, 0.05) is 0 Å². The molecule has 2 aromatic rings. The minimum absolute atomic E-state index is 0.101. The van der Waals surface area contributed by atoms with Crippen molar-refractivity contribution >= 4 is 11.0 Å². The molecule has 1 heterocycles. The zero-order valence-electron chi connectivity index (χ0n) is 8.74. The maximum Gasteiger partial charge on any atom is 0.234 e. The predicted molar refractivity (Wildman–Crippen MR) is 58.4 cm³/mol. The van der Waals surface area contributed by atoms with E-state index in [1.54, 1.807) is 19.1 Å². The molecule has 0 unspecified atom stereocenters. The first-order valence-corrected chi connectivity index (χ1v) is 4.89. The Kier molecular flexibility index (Phi) is 2.46. The lowest BCUT2D eigenvalue weighted by Gasteiger charge is -2.06. The lowest BCUT2D eigenvalue weighted by Crippen LogP contribution is -2.09. The maximum absolute atomic E-state index is 12.0. The lowest BCUT2D eigenvalue weighted by molar-refractivity contribution is 0.321. The molecule has 3 heteroatoms. The Bertz CT molecular complexity index is 540. The minimum atomic E-state index is -0.101. The van der Waals surface area contributed by atoms with E-state index in [0.717, 1.165) is 0 Å². The van der Waals surface area contributed by atoms with Gasteiger partial charge in [-0.15, -0.1) is 0 Å². The monoisotopic (exact) mass is 204 g/mol. The summed E-state index contributed by atoms with van der Waals surface area (Å²) in [5, 5.41) is 0.562. The van der Waals surface area contributed by atoms with Gasteiger partial charge < -0.3 is 9.15 Å². The quantitative estimate of drug-likeness (QED) is 0.754. The van der Waals surface area contributed by atoms with Crippen LogP contribution in [0.25, 0.3) is 11.0 Å². The number of rotatable bonds is 2. The summed E-state index contributed by atoms with van der Waals surface area (Å²) in [6.45, 7) is 4.04. The molecule has 0 radical (unpaired) electrons. The molecule has 0 amide bonds. The first-order valence-electron chi connectivity index (χ1n) is 4.89. The number of hydrogen-bond acceptors (Lipinski definition) is 3. The molecule has 0 fully saturated rings. The summed E-state index contributed by atoms with van der Waals surface area (Å²) in [5.41, 5.74) is 0.500. The molecule has 0 spiro atoms. The Morgan fingerprint density at radius 3 is 2.80 bits per heavy atom. The first kappa shape index (κ1) is 9.77. The summed E-state index contributed by atoms with van der Waals surface area (Å²) in [5.74, 6) is 0.844. The van der Waals surface area contributed by atoms with E-state index >= 15 is 0 Å². The van der Waals surface area contributed by atoms with Gasteiger partial charge in [-0.2, -0.15) is 0 Å². The molecule has 15 heavy (non-hydrogen) atoms. The summed E-state index contributed by atoms with van der Waals surface area (Å²) < 4.78 is 10.8. The van der Waals surface area contributed by atoms with Crippen LogP contribution in [0.5, 0.6) is 5.75 Å². The van der Waals surface area contributed by atoms with Gasteiger partial charge in [0.2, 0.25) is 11.2 Å². The number of fused-ring (bicyclic) bond motifs is 1. The van der Waals surface area contributed by atoms with Crippen LogP contribution in [-0.2, 0) is 0 Å². The van der Waals surface area contributed by atoms with E-state index in [1.807, 2.05) is 19.1 Å². The number of benzene rings is 1. The highest BCUT2D eigenvalue weighted by molar-refractivity contribution is 5.77. The summed E-state index contributed by atoms with van der Waals surface area (Å²) >= 11 is 0. The molecule has 0 aliphatic heterocycles. The van der Waals surface area contributed by atoms with Crippen molar-refractivity contribution in [1.29, 1.82) is 0 Å². The number of hydrogen-bond donors (Lipinski definition) is 0. The largest absolute Gasteiger partial charge is 0.487 e. The molecule has 0 aliphatic carbocycles. The van der Waals surface area contributed by atoms with Crippen molar-refractivity contribution in [3.8, 4) is 5.75 Å². The SMILES string of the molecule is CCOc1c(C)oc2ccccc2c1=O. The van der Waals surface area contributed by atoms with Crippen molar-refractivity contribution in [1.82, 2.24) is 0 Å². The fourth-order valence-electron chi connectivity index (χ4n) is 1.55. The predicted octanol–water partition coefficient (Wildman–Crippen LogP) is 2.50. The van der Waals surface area contributed by atoms with Gasteiger partial charge in [0.1, 0.15) is 11.3 Å². The van der Waals surface area contributed by atoms with Gasteiger partial charge in [0.05, 0.1) is 12.0 Å². The molecule has 1 aromatic carbocycles. The molecule has 3 nitrogen and oxygen atoms in total. The fourth-order valence-corrected chi connectivity index (χ4v) is 1.55. The van der Waals surface area contributed by atoms with Crippen LogP contribution in [0.1, 0.15) is 12.7 Å². The Morgan fingerprint density at radius 2 is 2.07 bits per heavy atom. The second kappa shape index (κ2) is 3.77. The van der Waals surface area contributed by atoms with Crippen LogP contribution < -0.4 is 10.2 Å². The van der Waals surface area contributed by atoms with E-state index in [9.17, 15) is 4.79 Å². The van der Waals surface area contributed by atoms with Gasteiger partial charge in [-0.05, 0) is 26.0 Å². The molecule has 0 aliphatic rings. The van der Waals surface area contributed by atoms with Crippen LogP contribution >= 0.6 is 0 Å². The number of ether oxygens (including phenoxy) is 1. The third-order valence-electron chi connectivity index (χ3n) is 2.21. The summed E-state index contributed by atoms with van der Waals surface area (Å²) in [7, 11) is 0. The molecule has 1 aromatic heterocycles. The molecular formula is C12H12O3. The van der Waals surface area contributed by atoms with Crippen molar-refractivity contribution in [2.75, 3.05) is 6.61 Å². The zero-order valence-corrected chi connectivity index (χ0v) is 8.74. The highest BCUT2D eigenvalue weighted by atomic mass is 16.5. The second-order valence-corrected chi connectivity index (χ2v) is 3.25. The maximum atomic E-state index is 12.0. The average Bonchev–Trinajstić information content (AvgIpc) is 2.24. The van der Waals surface area contributed by atoms with Gasteiger partial charge in [-0.3, -0.25) is 4.79 Å². The number of aryl methyl sites for hydroxylation is 1. The van der Waals surface area contributed by atoms with Gasteiger partial charge in [0.25, 0.3) is 0 Å². The number of para-hydroxylation sites is 1. The molecule has 0 bridgehead atoms. The fraction of sp³-hybridized carbons (Fsp3) is 0.250. The Balaban J connectivity index is 2.78. The lowest BCUT2D eigenvalue weighted by atomic mass is 10.2. The summed E-state index contributed by atoms with van der Waals surface area (Å²) in [4.78, 5) is 12.0. The standard InChI is InChI=1S/C12H12O3/c1-3-14-12-8(2)15-10-7-5-4-6-9(10)11(12)13/h4-7H,3H2,1-2H3. The van der Waals surface area contributed by atoms with Gasteiger partial charge in [0.15, 0.2) is 0 Å². The third kappa shape index (κ3) is 1.61. The van der Waals surface area contributed by atoms with Gasteiger partial charge in [-0.25, -0.2) is 0 Å². The topological polar surface area (TPSA) is 39.4 Å². The van der Waals surface area contributed by atoms with E-state index < -0.39 is 0 Å². The van der Waals surface area contributed by atoms with Gasteiger partial charge in [-0.1, -0.05) is 12.1 Å². The molecule has 0 saturated heterocycles. The van der Waals surface area contributed by atoms with Crippen molar-refractivity contribution < 1.29 is 9.15 Å². The summed E-state index contributed by atoms with van der Waals surface area (Å²) in [6.07, 6.45) is 0. The molecule has 2 rings (SSSR count). The van der Waals surface area contributed by atoms with E-state index in [1.165, 1.54) is 0 Å². The molecule has 78 valence electrons. The summed E-state index contributed by atoms with van der Waals surface area (Å²) in [6, 6.07) is 7.16. The second-order valence-electron chi connectivity index (χ2n) is 3.25. The molecule has 0 N–H and O–H groups in total. The van der Waals surface area contributed by atoms with Crippen LogP contribution in [0.15, 0.2) is 33.5 Å². The van der Waals surface area contributed by atoms with Crippen LogP contribution in [0, 0.1) is 6.92 Å². The highest BCUT2D eigenvalue weighted by Crippen LogP contribution is 2.19. The molecular weight excluding hydrogens is 192 g/mol. The highest BCUT2D eigenvalue weighted by Gasteiger charge is 2.11. The van der Waals surface area contributed by atoms with Crippen molar-refractivity contribution in [3.05, 3.63) is 40.2 Å². The van der Waals surface area contributed by atoms with E-state index in [0.29, 0.717) is 29.1 Å². The molecule has 0 saturated carbocycles. The van der Waals surface area contributed by atoms with Crippen LogP contribution in [0.3, 0.4) is 0 Å². The zero-order chi connectivity index (χ0) is 10.8. The van der Waals surface area contributed by atoms with Gasteiger partial charge >= 0.3 is 0 Å². The van der Waals surface area contributed by atoms with E-state index in [2.05, 4.69) is 0 Å². The average molecular weight is 204 g/mol. The van der Waals surface area contributed by atoms with Crippen LogP contribution in [0.2, 0.25) is 0 Å². The van der Waals surface area contributed by atoms with Crippen molar-refractivity contribution in [3.63, 3.8) is 0 Å².